The molecular weight excluding hydrogens is 320 g/mol. The predicted octanol–water partition coefficient (Wildman–Crippen LogP) is 3.06. The molecule has 0 unspecified atom stereocenters. The molecule has 1 atom stereocenters. The summed E-state index contributed by atoms with van der Waals surface area (Å²) < 4.78 is 10.4. The maximum absolute atomic E-state index is 12.2. The summed E-state index contributed by atoms with van der Waals surface area (Å²) in [6, 6.07) is 13.3. The van der Waals surface area contributed by atoms with Crippen molar-refractivity contribution in [3.63, 3.8) is 0 Å². The van der Waals surface area contributed by atoms with E-state index in [-0.39, 0.29) is 0 Å². The Balaban J connectivity index is 2.00. The van der Waals surface area contributed by atoms with Crippen LogP contribution in [0.4, 0.5) is 5.69 Å². The summed E-state index contributed by atoms with van der Waals surface area (Å²) in [6.45, 7) is 3.35. The van der Waals surface area contributed by atoms with Gasteiger partial charge in [-0.3, -0.25) is 4.79 Å². The van der Waals surface area contributed by atoms with Gasteiger partial charge in [-0.15, -0.1) is 0 Å². The van der Waals surface area contributed by atoms with E-state index in [2.05, 4.69) is 5.32 Å². The monoisotopic (exact) mass is 338 g/mol. The van der Waals surface area contributed by atoms with E-state index in [1.165, 1.54) is 14.0 Å². The lowest BCUT2D eigenvalue weighted by Gasteiger charge is -2.14. The third-order valence-electron chi connectivity index (χ3n) is 3.58. The molecule has 6 nitrogen and oxygen atoms in total. The summed E-state index contributed by atoms with van der Waals surface area (Å²) in [5.41, 5.74) is 2.21. The molecule has 1 N–H and O–H groups in total. The van der Waals surface area contributed by atoms with Crippen LogP contribution in [-0.4, -0.2) is 25.1 Å². The smallest absolute Gasteiger partial charge is 0.339 e. The molecule has 0 heterocycles. The van der Waals surface area contributed by atoms with E-state index in [1.54, 1.807) is 42.5 Å². The summed E-state index contributed by atoms with van der Waals surface area (Å²) in [5.74, 6) is -0.498. The number of nitriles is 1. The minimum Gasteiger partial charge on any atom is -0.496 e. The number of methoxy groups -OCH3 is 1. The summed E-state index contributed by atoms with van der Waals surface area (Å²) in [7, 11) is 1.52. The van der Waals surface area contributed by atoms with Crippen molar-refractivity contribution in [2.75, 3.05) is 12.4 Å². The SMILES string of the molecule is COc1cc(C(=O)O[C@@H](C)C(=O)Nc2ccc(C#N)cc2)ccc1C. The second-order valence-corrected chi connectivity index (χ2v) is 5.41. The fourth-order valence-corrected chi connectivity index (χ4v) is 2.10. The van der Waals surface area contributed by atoms with Gasteiger partial charge in [-0.2, -0.15) is 5.26 Å². The Labute approximate surface area is 146 Å². The zero-order valence-electron chi connectivity index (χ0n) is 14.2. The van der Waals surface area contributed by atoms with E-state index in [4.69, 9.17) is 14.7 Å². The number of ether oxygens (including phenoxy) is 2. The Hall–Kier alpha value is -3.33. The highest BCUT2D eigenvalue weighted by Crippen LogP contribution is 2.20. The Morgan fingerprint density at radius 3 is 2.44 bits per heavy atom. The second kappa shape index (κ2) is 7.97. The van der Waals surface area contributed by atoms with Crippen molar-refractivity contribution in [3.8, 4) is 11.8 Å². The minimum atomic E-state index is -0.976. The Bertz CT molecular complexity index is 822. The Morgan fingerprint density at radius 1 is 1.16 bits per heavy atom. The first-order valence-corrected chi connectivity index (χ1v) is 7.61. The van der Waals surface area contributed by atoms with Crippen LogP contribution in [0.2, 0.25) is 0 Å². The van der Waals surface area contributed by atoms with E-state index in [1.807, 2.05) is 13.0 Å². The first-order valence-electron chi connectivity index (χ1n) is 7.61. The zero-order chi connectivity index (χ0) is 18.4. The molecule has 25 heavy (non-hydrogen) atoms. The van der Waals surface area contributed by atoms with E-state index >= 15 is 0 Å². The maximum Gasteiger partial charge on any atom is 0.339 e. The number of aryl methyl sites for hydroxylation is 1. The maximum atomic E-state index is 12.2. The van der Waals surface area contributed by atoms with E-state index in [0.717, 1.165) is 5.56 Å². The molecular formula is C19H18N2O4. The number of rotatable bonds is 5. The van der Waals surface area contributed by atoms with Crippen LogP contribution in [0, 0.1) is 18.3 Å². The molecule has 0 aliphatic carbocycles. The molecule has 6 heteroatoms. The predicted molar refractivity (Wildman–Crippen MR) is 92.4 cm³/mol. The Morgan fingerprint density at radius 2 is 1.84 bits per heavy atom. The van der Waals surface area contributed by atoms with Crippen LogP contribution < -0.4 is 10.1 Å². The lowest BCUT2D eigenvalue weighted by molar-refractivity contribution is -0.123. The molecule has 0 aliphatic rings. The van der Waals surface area contributed by atoms with Gasteiger partial charge in [-0.25, -0.2) is 4.79 Å². The van der Waals surface area contributed by atoms with Crippen LogP contribution in [0.25, 0.3) is 0 Å². The lowest BCUT2D eigenvalue weighted by Crippen LogP contribution is -2.30. The molecule has 0 aliphatic heterocycles. The van der Waals surface area contributed by atoms with Gasteiger partial charge in [0, 0.05) is 5.69 Å². The van der Waals surface area contributed by atoms with Gasteiger partial charge in [0.1, 0.15) is 5.75 Å². The molecule has 0 saturated carbocycles. The van der Waals surface area contributed by atoms with Gasteiger partial charge < -0.3 is 14.8 Å². The zero-order valence-corrected chi connectivity index (χ0v) is 14.2. The standard InChI is InChI=1S/C19H18N2O4/c1-12-4-7-15(10-17(12)24-3)19(23)25-13(2)18(22)21-16-8-5-14(11-20)6-9-16/h4-10,13H,1-3H3,(H,21,22)/t13-/m0/s1. The number of hydrogen-bond acceptors (Lipinski definition) is 5. The summed E-state index contributed by atoms with van der Waals surface area (Å²) in [6.07, 6.45) is -0.976. The molecule has 0 saturated heterocycles. The minimum absolute atomic E-state index is 0.306. The molecule has 1 amide bonds. The summed E-state index contributed by atoms with van der Waals surface area (Å²) in [5, 5.41) is 11.4. The van der Waals surface area contributed by atoms with Gasteiger partial charge in [-0.1, -0.05) is 6.07 Å². The van der Waals surface area contributed by atoms with Gasteiger partial charge in [-0.05, 0) is 55.8 Å². The quantitative estimate of drug-likeness (QED) is 0.847. The first kappa shape index (κ1) is 18.0. The highest BCUT2D eigenvalue weighted by Gasteiger charge is 2.19. The molecule has 0 bridgehead atoms. The molecule has 0 spiro atoms. The fraction of sp³-hybridized carbons (Fsp3) is 0.211. The van der Waals surface area contributed by atoms with Crippen molar-refractivity contribution in [2.24, 2.45) is 0 Å². The largest absolute Gasteiger partial charge is 0.496 e. The lowest BCUT2D eigenvalue weighted by atomic mass is 10.1. The van der Waals surface area contributed by atoms with Gasteiger partial charge in [0.2, 0.25) is 0 Å². The number of carbonyl (C=O) groups is 2. The van der Waals surface area contributed by atoms with Crippen molar-refractivity contribution in [2.45, 2.75) is 20.0 Å². The molecule has 2 aromatic carbocycles. The number of nitrogens with zero attached hydrogens (tertiary/aromatic N) is 1. The van der Waals surface area contributed by atoms with Crippen LogP contribution in [0.1, 0.15) is 28.4 Å². The van der Waals surface area contributed by atoms with Crippen LogP contribution in [0.15, 0.2) is 42.5 Å². The second-order valence-electron chi connectivity index (χ2n) is 5.41. The van der Waals surface area contributed by atoms with Crippen molar-refractivity contribution >= 4 is 17.6 Å². The molecule has 0 fully saturated rings. The molecule has 2 rings (SSSR count). The number of hydrogen-bond donors (Lipinski definition) is 1. The normalized spacial score (nSPS) is 11.1. The molecule has 0 aromatic heterocycles. The van der Waals surface area contributed by atoms with Crippen LogP contribution in [0.5, 0.6) is 5.75 Å². The average Bonchev–Trinajstić information content (AvgIpc) is 2.62. The van der Waals surface area contributed by atoms with Crippen molar-refractivity contribution in [1.29, 1.82) is 5.26 Å². The van der Waals surface area contributed by atoms with Crippen LogP contribution in [-0.2, 0) is 9.53 Å². The molecule has 0 radical (unpaired) electrons. The first-order chi connectivity index (χ1) is 11.9. The summed E-state index contributed by atoms with van der Waals surface area (Å²) >= 11 is 0. The fourth-order valence-electron chi connectivity index (χ4n) is 2.10. The number of anilines is 1. The molecule has 2 aromatic rings. The van der Waals surface area contributed by atoms with Gasteiger partial charge >= 0.3 is 5.97 Å². The number of benzene rings is 2. The van der Waals surface area contributed by atoms with E-state index in [0.29, 0.717) is 22.6 Å². The van der Waals surface area contributed by atoms with Gasteiger partial charge in [0.15, 0.2) is 6.10 Å². The van der Waals surface area contributed by atoms with Gasteiger partial charge in [0.25, 0.3) is 5.91 Å². The van der Waals surface area contributed by atoms with Crippen molar-refractivity contribution < 1.29 is 19.1 Å². The highest BCUT2D eigenvalue weighted by atomic mass is 16.5. The number of nitrogens with one attached hydrogen (secondary N) is 1. The van der Waals surface area contributed by atoms with Crippen molar-refractivity contribution in [1.82, 2.24) is 0 Å². The van der Waals surface area contributed by atoms with Gasteiger partial charge in [0.05, 0.1) is 24.3 Å². The number of amides is 1. The average molecular weight is 338 g/mol. The Kier molecular flexibility index (Phi) is 5.75. The van der Waals surface area contributed by atoms with E-state index in [9.17, 15) is 9.59 Å². The van der Waals surface area contributed by atoms with Crippen LogP contribution in [0.3, 0.4) is 0 Å². The topological polar surface area (TPSA) is 88.4 Å². The third kappa shape index (κ3) is 4.58. The number of carbonyl (C=O) groups excluding carboxylic acids is 2. The van der Waals surface area contributed by atoms with Crippen LogP contribution >= 0.6 is 0 Å². The molecule has 128 valence electrons. The van der Waals surface area contributed by atoms with Crippen molar-refractivity contribution in [3.05, 3.63) is 59.2 Å². The van der Waals surface area contributed by atoms with E-state index < -0.39 is 18.0 Å². The number of esters is 1. The third-order valence-corrected chi connectivity index (χ3v) is 3.58. The summed E-state index contributed by atoms with van der Waals surface area (Å²) in [4.78, 5) is 24.3. The highest BCUT2D eigenvalue weighted by molar-refractivity contribution is 5.97.